The fourth-order valence-corrected chi connectivity index (χ4v) is 9.48. The molecule has 10 heteroatoms. The summed E-state index contributed by atoms with van der Waals surface area (Å²) >= 11 is 0. The number of carboxylic acid groups (broad SMARTS) is 2. The number of alkyl halides is 3. The Morgan fingerprint density at radius 2 is 1.05 bits per heavy atom. The highest BCUT2D eigenvalue weighted by Gasteiger charge is 2.34. The third kappa shape index (κ3) is 15.1. The molecule has 6 nitrogen and oxygen atoms in total. The van der Waals surface area contributed by atoms with Crippen LogP contribution in [0, 0.1) is 0 Å². The smallest absolute Gasteiger partial charge is 0.416 e. The number of benzene rings is 2. The summed E-state index contributed by atoms with van der Waals surface area (Å²) in [5.74, 6) is -3.68. The topological polar surface area (TPSA) is 115 Å². The minimum atomic E-state index is -4.59. The highest BCUT2D eigenvalue weighted by molar-refractivity contribution is 7.75. The molecule has 4 N–H and O–H groups in total. The van der Waals surface area contributed by atoms with Crippen molar-refractivity contribution in [3.05, 3.63) is 59.2 Å². The molecule has 0 aliphatic heterocycles. The molecule has 0 aromatic heterocycles. The van der Waals surface area contributed by atoms with Gasteiger partial charge < -0.3 is 20.4 Å². The standard InChI is InChI=1S/C16H36P.C8H5F3O3.C7H6O3/c1-5-9-13-17(14-10-6-2,15-11-7-3)16-12-8-4;9-8(10,11)4-1-2-5(7(13)14)6(12)3-4;8-6-4-2-1-3-5(6)7(9)10/h5-16H2,1-4H3;1-3,12H,(H,13,14);1-4,8H,(H,9,10)/q+1;;. The van der Waals surface area contributed by atoms with Crippen molar-refractivity contribution in [2.24, 2.45) is 0 Å². The molecule has 41 heavy (non-hydrogen) atoms. The van der Waals surface area contributed by atoms with Crippen LogP contribution < -0.4 is 0 Å². The van der Waals surface area contributed by atoms with Gasteiger partial charge in [-0.05, 0) is 56.0 Å². The molecule has 0 fully saturated rings. The van der Waals surface area contributed by atoms with Gasteiger partial charge in [0.25, 0.3) is 0 Å². The molecule has 0 heterocycles. The predicted octanol–water partition coefficient (Wildman–Crippen LogP) is 9.40. The number of aromatic carboxylic acids is 2. The van der Waals surface area contributed by atoms with Gasteiger partial charge in [0.05, 0.1) is 30.2 Å². The Hall–Kier alpha value is -2.80. The number of hydrogen-bond donors (Lipinski definition) is 4. The second kappa shape index (κ2) is 20.1. The number of hydrogen-bond acceptors (Lipinski definition) is 4. The molecule has 2 aromatic rings. The Morgan fingerprint density at radius 1 is 0.659 bits per heavy atom. The molecule has 0 saturated heterocycles. The molecule has 0 spiro atoms. The predicted molar refractivity (Wildman–Crippen MR) is 161 cm³/mol. The lowest BCUT2D eigenvalue weighted by molar-refractivity contribution is -0.137. The fourth-order valence-electron chi connectivity index (χ4n) is 4.19. The summed E-state index contributed by atoms with van der Waals surface area (Å²) in [6.07, 6.45) is 13.4. The van der Waals surface area contributed by atoms with Crippen LogP contribution in [0.5, 0.6) is 11.5 Å². The van der Waals surface area contributed by atoms with Crippen LogP contribution in [0.4, 0.5) is 13.2 Å². The normalized spacial score (nSPS) is 11.1. The van der Waals surface area contributed by atoms with Crippen molar-refractivity contribution in [1.29, 1.82) is 0 Å². The number of para-hydroxylation sites is 1. The molecular weight excluding hydrogens is 556 g/mol. The lowest BCUT2D eigenvalue weighted by atomic mass is 10.1. The zero-order valence-corrected chi connectivity index (χ0v) is 25.6. The summed E-state index contributed by atoms with van der Waals surface area (Å²) in [5, 5.41) is 34.7. The summed E-state index contributed by atoms with van der Waals surface area (Å²) in [5.41, 5.74) is -1.71. The second-order valence-electron chi connectivity index (χ2n) is 10.0. The van der Waals surface area contributed by atoms with Crippen molar-refractivity contribution in [2.75, 3.05) is 24.6 Å². The Labute approximate surface area is 243 Å². The third-order valence-electron chi connectivity index (χ3n) is 6.63. The number of carbonyl (C=O) groups is 2. The number of rotatable bonds is 14. The van der Waals surface area contributed by atoms with Gasteiger partial charge in [0, 0.05) is 7.26 Å². The van der Waals surface area contributed by atoms with E-state index in [-0.39, 0.29) is 11.3 Å². The summed E-state index contributed by atoms with van der Waals surface area (Å²) in [7, 11) is -0.562. The molecular formula is C31H47F3O6P+. The third-order valence-corrected chi connectivity index (χ3v) is 11.7. The maximum atomic E-state index is 12.0. The Morgan fingerprint density at radius 3 is 1.34 bits per heavy atom. The zero-order valence-electron chi connectivity index (χ0n) is 24.7. The number of aromatic hydroxyl groups is 2. The van der Waals surface area contributed by atoms with E-state index in [4.69, 9.17) is 20.4 Å². The molecule has 0 atom stereocenters. The molecule has 0 saturated carbocycles. The first-order valence-electron chi connectivity index (χ1n) is 14.3. The van der Waals surface area contributed by atoms with Crippen LogP contribution in [-0.2, 0) is 6.18 Å². The molecule has 0 aliphatic rings. The van der Waals surface area contributed by atoms with Crippen LogP contribution in [0.15, 0.2) is 42.5 Å². The molecule has 232 valence electrons. The van der Waals surface area contributed by atoms with Crippen molar-refractivity contribution in [3.8, 4) is 11.5 Å². The van der Waals surface area contributed by atoms with Crippen molar-refractivity contribution in [1.82, 2.24) is 0 Å². The molecule has 0 amide bonds. The van der Waals surface area contributed by atoms with E-state index in [9.17, 15) is 22.8 Å². The van der Waals surface area contributed by atoms with E-state index >= 15 is 0 Å². The van der Waals surface area contributed by atoms with Gasteiger partial charge in [0.1, 0.15) is 22.6 Å². The number of halogens is 3. The van der Waals surface area contributed by atoms with Gasteiger partial charge in [-0.2, -0.15) is 13.2 Å². The van der Waals surface area contributed by atoms with E-state index < -0.39 is 42.3 Å². The Balaban J connectivity index is 0.000000603. The molecule has 2 rings (SSSR count). The maximum absolute atomic E-state index is 12.0. The van der Waals surface area contributed by atoms with Crippen molar-refractivity contribution < 1.29 is 43.2 Å². The Bertz CT molecular complexity index is 1010. The number of unbranched alkanes of at least 4 members (excludes halogenated alkanes) is 4. The van der Waals surface area contributed by atoms with E-state index in [2.05, 4.69) is 27.7 Å². The Kier molecular flexibility index (Phi) is 18.8. The van der Waals surface area contributed by atoms with Gasteiger partial charge in [-0.25, -0.2) is 9.59 Å². The average molecular weight is 604 g/mol. The quantitative estimate of drug-likeness (QED) is 0.160. The lowest BCUT2D eigenvalue weighted by Crippen LogP contribution is -2.12. The number of phenols is 2. The molecule has 0 bridgehead atoms. The zero-order chi connectivity index (χ0) is 31.5. The SMILES string of the molecule is CCCC[P+](CCCC)(CCCC)CCCC.O=C(O)c1ccc(C(F)(F)F)cc1O.O=C(O)c1ccccc1O. The monoisotopic (exact) mass is 603 g/mol. The van der Waals surface area contributed by atoms with E-state index in [0.29, 0.717) is 18.2 Å². The highest BCUT2D eigenvalue weighted by Crippen LogP contribution is 2.61. The largest absolute Gasteiger partial charge is 0.507 e. The molecule has 0 unspecified atom stereocenters. The van der Waals surface area contributed by atoms with Crippen LogP contribution in [0.25, 0.3) is 0 Å². The first-order chi connectivity index (χ1) is 19.3. The first-order valence-corrected chi connectivity index (χ1v) is 16.8. The van der Waals surface area contributed by atoms with E-state index in [1.165, 1.54) is 63.5 Å². The minimum Gasteiger partial charge on any atom is -0.507 e. The van der Waals surface area contributed by atoms with Crippen molar-refractivity contribution in [3.63, 3.8) is 0 Å². The van der Waals surface area contributed by atoms with E-state index in [1.807, 2.05) is 0 Å². The van der Waals surface area contributed by atoms with E-state index in [1.54, 1.807) is 36.8 Å². The first kappa shape index (κ1) is 38.2. The summed E-state index contributed by atoms with van der Waals surface area (Å²) in [6, 6.07) is 7.50. The molecule has 0 aliphatic carbocycles. The maximum Gasteiger partial charge on any atom is 0.416 e. The van der Waals surface area contributed by atoms with Gasteiger partial charge >= 0.3 is 18.1 Å². The lowest BCUT2D eigenvalue weighted by Gasteiger charge is -2.28. The molecule has 2 aromatic carbocycles. The van der Waals surface area contributed by atoms with Gasteiger partial charge in [0.2, 0.25) is 0 Å². The minimum absolute atomic E-state index is 0.0671. The highest BCUT2D eigenvalue weighted by atomic mass is 31.2. The van der Waals surface area contributed by atoms with Crippen LogP contribution in [0.1, 0.15) is 105 Å². The van der Waals surface area contributed by atoms with Gasteiger partial charge in [-0.1, -0.05) is 65.5 Å². The summed E-state index contributed by atoms with van der Waals surface area (Å²) in [4.78, 5) is 20.6. The van der Waals surface area contributed by atoms with E-state index in [0.717, 1.165) is 0 Å². The van der Waals surface area contributed by atoms with Crippen LogP contribution >= 0.6 is 7.26 Å². The van der Waals surface area contributed by atoms with Crippen LogP contribution in [0.2, 0.25) is 0 Å². The second-order valence-corrected chi connectivity index (χ2v) is 14.5. The van der Waals surface area contributed by atoms with Gasteiger partial charge in [-0.3, -0.25) is 0 Å². The number of carboxylic acids is 2. The van der Waals surface area contributed by atoms with Gasteiger partial charge in [-0.15, -0.1) is 0 Å². The van der Waals surface area contributed by atoms with Crippen LogP contribution in [0.3, 0.4) is 0 Å². The summed E-state index contributed by atoms with van der Waals surface area (Å²) in [6.45, 7) is 9.42. The summed E-state index contributed by atoms with van der Waals surface area (Å²) < 4.78 is 36.1. The van der Waals surface area contributed by atoms with Crippen molar-refractivity contribution >= 4 is 19.2 Å². The van der Waals surface area contributed by atoms with Gasteiger partial charge in [0.15, 0.2) is 0 Å². The average Bonchev–Trinajstić information content (AvgIpc) is 2.92. The van der Waals surface area contributed by atoms with Crippen LogP contribution in [-0.4, -0.2) is 57.0 Å². The molecule has 0 radical (unpaired) electrons. The van der Waals surface area contributed by atoms with Crippen molar-refractivity contribution in [2.45, 2.75) is 85.2 Å². The fraction of sp³-hybridized carbons (Fsp3) is 0.548.